The van der Waals surface area contributed by atoms with Crippen LogP contribution in [-0.4, -0.2) is 62.2 Å². The Balaban J connectivity index is 1.51. The zero-order valence-electron chi connectivity index (χ0n) is 18.1. The quantitative estimate of drug-likeness (QED) is 0.594. The number of morpholine rings is 1. The normalized spacial score (nSPS) is 18.8. The summed E-state index contributed by atoms with van der Waals surface area (Å²) in [5.41, 5.74) is 1.58. The fraction of sp³-hybridized carbons (Fsp3) is 0.360. The van der Waals surface area contributed by atoms with Crippen LogP contribution in [0.3, 0.4) is 0 Å². The second-order valence-electron chi connectivity index (χ2n) is 8.15. The van der Waals surface area contributed by atoms with Gasteiger partial charge in [0.05, 0.1) is 37.3 Å². The number of fused-ring (bicyclic) bond motifs is 2. The molecular weight excluding hydrogens is 408 g/mol. The Hall–Kier alpha value is -3.16. The highest BCUT2D eigenvalue weighted by atomic mass is 16.5. The van der Waals surface area contributed by atoms with Crippen LogP contribution in [0.2, 0.25) is 0 Å². The van der Waals surface area contributed by atoms with Crippen molar-refractivity contribution in [3.05, 3.63) is 75.6 Å². The minimum atomic E-state index is -0.478. The van der Waals surface area contributed by atoms with E-state index in [2.05, 4.69) is 4.90 Å². The Morgan fingerprint density at radius 2 is 1.75 bits per heavy atom. The van der Waals surface area contributed by atoms with E-state index in [1.54, 1.807) is 30.2 Å². The Kier molecular flexibility index (Phi) is 5.68. The molecule has 3 heterocycles. The molecule has 1 atom stereocenters. The summed E-state index contributed by atoms with van der Waals surface area (Å²) < 4.78 is 16.7. The molecular formula is C25H26N2O5. The molecule has 3 aromatic rings. The van der Waals surface area contributed by atoms with Crippen LogP contribution >= 0.6 is 0 Å². The summed E-state index contributed by atoms with van der Waals surface area (Å²) in [4.78, 5) is 31.0. The van der Waals surface area contributed by atoms with Crippen LogP contribution in [-0.2, 0) is 4.74 Å². The Morgan fingerprint density at radius 3 is 2.50 bits per heavy atom. The van der Waals surface area contributed by atoms with Gasteiger partial charge in [-0.1, -0.05) is 24.3 Å². The van der Waals surface area contributed by atoms with Gasteiger partial charge in [-0.25, -0.2) is 0 Å². The molecule has 2 aliphatic heterocycles. The molecule has 7 heteroatoms. The number of amides is 1. The molecule has 0 spiro atoms. The second kappa shape index (κ2) is 8.76. The Labute approximate surface area is 186 Å². The number of nitrogens with zero attached hydrogens (tertiary/aromatic N) is 2. The first-order valence-electron chi connectivity index (χ1n) is 11.0. The van der Waals surface area contributed by atoms with E-state index >= 15 is 0 Å². The van der Waals surface area contributed by atoms with E-state index in [0.29, 0.717) is 23.1 Å². The van der Waals surface area contributed by atoms with Crippen molar-refractivity contribution in [3.8, 4) is 5.75 Å². The van der Waals surface area contributed by atoms with Gasteiger partial charge in [-0.15, -0.1) is 0 Å². The molecule has 2 aromatic carbocycles. The third-order valence-corrected chi connectivity index (χ3v) is 6.28. The van der Waals surface area contributed by atoms with Crippen molar-refractivity contribution in [1.29, 1.82) is 0 Å². The molecule has 1 fully saturated rings. The number of methoxy groups -OCH3 is 1. The average Bonchev–Trinajstić information content (AvgIpc) is 3.12. The molecule has 5 rings (SSSR count). The molecule has 0 radical (unpaired) electrons. The third kappa shape index (κ3) is 3.67. The number of carbonyl (C=O) groups is 1. The van der Waals surface area contributed by atoms with Crippen LogP contribution in [0.5, 0.6) is 5.75 Å². The maximum atomic E-state index is 13.5. The van der Waals surface area contributed by atoms with Gasteiger partial charge in [0.25, 0.3) is 5.91 Å². The van der Waals surface area contributed by atoms with Crippen molar-refractivity contribution in [2.45, 2.75) is 12.5 Å². The highest BCUT2D eigenvalue weighted by molar-refractivity contribution is 5.99. The molecule has 1 amide bonds. The summed E-state index contributed by atoms with van der Waals surface area (Å²) in [7, 11) is 1.61. The summed E-state index contributed by atoms with van der Waals surface area (Å²) in [5, 5.41) is 0.493. The standard InChI is InChI=1S/C25H26N2O5/c1-30-18-9-7-17(8-10-18)22-21-23(28)19-5-2-3-6-20(19)32-24(21)25(29)27(22)12-4-11-26-13-15-31-16-14-26/h2-3,5-10,22H,4,11-16H2,1H3/t22-/m0/s1. The summed E-state index contributed by atoms with van der Waals surface area (Å²) >= 11 is 0. The van der Waals surface area contributed by atoms with Gasteiger partial charge in [-0.05, 0) is 36.2 Å². The van der Waals surface area contributed by atoms with E-state index in [0.717, 1.165) is 50.6 Å². The van der Waals surface area contributed by atoms with Gasteiger partial charge >= 0.3 is 0 Å². The van der Waals surface area contributed by atoms with Crippen molar-refractivity contribution < 1.29 is 18.7 Å². The first kappa shape index (κ1) is 20.7. The number of carbonyl (C=O) groups excluding carboxylic acids is 1. The number of hydrogen-bond acceptors (Lipinski definition) is 6. The van der Waals surface area contributed by atoms with E-state index in [1.807, 2.05) is 30.3 Å². The zero-order valence-corrected chi connectivity index (χ0v) is 18.1. The summed E-state index contributed by atoms with van der Waals surface area (Å²) in [6.07, 6.45) is 0.806. The molecule has 0 saturated carbocycles. The minimum absolute atomic E-state index is 0.147. The van der Waals surface area contributed by atoms with Gasteiger partial charge in [0.1, 0.15) is 11.3 Å². The summed E-state index contributed by atoms with van der Waals surface area (Å²) in [6.45, 7) is 4.71. The Morgan fingerprint density at radius 1 is 1.00 bits per heavy atom. The molecule has 0 aliphatic carbocycles. The van der Waals surface area contributed by atoms with Crippen LogP contribution in [0.15, 0.2) is 57.7 Å². The van der Waals surface area contributed by atoms with Crippen LogP contribution in [0.1, 0.15) is 34.1 Å². The summed E-state index contributed by atoms with van der Waals surface area (Å²) in [6, 6.07) is 14.1. The number of hydrogen-bond donors (Lipinski definition) is 0. The lowest BCUT2D eigenvalue weighted by molar-refractivity contribution is 0.0353. The maximum absolute atomic E-state index is 13.5. The predicted octanol–water partition coefficient (Wildman–Crippen LogP) is 3.07. The first-order valence-corrected chi connectivity index (χ1v) is 11.0. The Bertz CT molecular complexity index is 1180. The predicted molar refractivity (Wildman–Crippen MR) is 120 cm³/mol. The molecule has 2 aliphatic rings. The van der Waals surface area contributed by atoms with E-state index in [9.17, 15) is 9.59 Å². The van der Waals surface area contributed by atoms with Crippen LogP contribution in [0.4, 0.5) is 0 Å². The molecule has 166 valence electrons. The zero-order chi connectivity index (χ0) is 22.1. The van der Waals surface area contributed by atoms with Crippen LogP contribution in [0, 0.1) is 0 Å². The monoisotopic (exact) mass is 434 g/mol. The van der Waals surface area contributed by atoms with Crippen molar-refractivity contribution in [2.24, 2.45) is 0 Å². The molecule has 7 nitrogen and oxygen atoms in total. The minimum Gasteiger partial charge on any atom is -0.497 e. The fourth-order valence-electron chi connectivity index (χ4n) is 4.62. The van der Waals surface area contributed by atoms with E-state index < -0.39 is 6.04 Å². The lowest BCUT2D eigenvalue weighted by atomic mass is 9.98. The van der Waals surface area contributed by atoms with E-state index in [-0.39, 0.29) is 17.1 Å². The van der Waals surface area contributed by atoms with Crippen molar-refractivity contribution in [3.63, 3.8) is 0 Å². The van der Waals surface area contributed by atoms with Gasteiger partial charge in [-0.3, -0.25) is 14.5 Å². The van der Waals surface area contributed by atoms with Gasteiger partial charge in [-0.2, -0.15) is 0 Å². The lowest BCUT2D eigenvalue weighted by Gasteiger charge is -2.29. The topological polar surface area (TPSA) is 72.2 Å². The second-order valence-corrected chi connectivity index (χ2v) is 8.15. The van der Waals surface area contributed by atoms with Crippen LogP contribution < -0.4 is 10.2 Å². The van der Waals surface area contributed by atoms with Crippen molar-refractivity contribution >= 4 is 16.9 Å². The molecule has 0 unspecified atom stereocenters. The number of rotatable bonds is 6. The van der Waals surface area contributed by atoms with Gasteiger partial charge in [0, 0.05) is 26.2 Å². The molecule has 0 N–H and O–H groups in total. The number of benzene rings is 2. The van der Waals surface area contributed by atoms with Crippen LogP contribution in [0.25, 0.3) is 11.0 Å². The number of para-hydroxylation sites is 1. The molecule has 1 saturated heterocycles. The van der Waals surface area contributed by atoms with Gasteiger partial charge in [0.15, 0.2) is 5.43 Å². The van der Waals surface area contributed by atoms with Crippen molar-refractivity contribution in [1.82, 2.24) is 9.80 Å². The fourth-order valence-corrected chi connectivity index (χ4v) is 4.62. The highest BCUT2D eigenvalue weighted by Gasteiger charge is 2.42. The van der Waals surface area contributed by atoms with E-state index in [1.165, 1.54) is 0 Å². The highest BCUT2D eigenvalue weighted by Crippen LogP contribution is 2.38. The van der Waals surface area contributed by atoms with Crippen molar-refractivity contribution in [2.75, 3.05) is 46.5 Å². The van der Waals surface area contributed by atoms with Gasteiger partial charge < -0.3 is 18.8 Å². The molecule has 0 bridgehead atoms. The molecule has 32 heavy (non-hydrogen) atoms. The summed E-state index contributed by atoms with van der Waals surface area (Å²) in [5.74, 6) is 0.647. The first-order chi connectivity index (χ1) is 15.7. The van der Waals surface area contributed by atoms with E-state index in [4.69, 9.17) is 13.9 Å². The smallest absolute Gasteiger partial charge is 0.290 e. The van der Waals surface area contributed by atoms with Gasteiger partial charge in [0.2, 0.25) is 5.76 Å². The number of ether oxygens (including phenoxy) is 2. The molecule has 1 aromatic heterocycles. The lowest BCUT2D eigenvalue weighted by Crippen LogP contribution is -2.38. The SMILES string of the molecule is COc1ccc([C@H]2c3c(oc4ccccc4c3=O)C(=O)N2CCCN2CCOCC2)cc1. The largest absolute Gasteiger partial charge is 0.497 e. The maximum Gasteiger partial charge on any atom is 0.290 e. The average molecular weight is 434 g/mol. The third-order valence-electron chi connectivity index (χ3n) is 6.28.